The molecule has 0 bridgehead atoms. The van der Waals surface area contributed by atoms with E-state index in [0.29, 0.717) is 6.54 Å². The summed E-state index contributed by atoms with van der Waals surface area (Å²) in [5, 5.41) is 4.60. The molecule has 1 rings (SSSR count). The van der Waals surface area contributed by atoms with E-state index in [1.807, 2.05) is 0 Å². The van der Waals surface area contributed by atoms with Crippen LogP contribution in [0.4, 0.5) is 0 Å². The lowest BCUT2D eigenvalue weighted by molar-refractivity contribution is 0.596. The number of hydrogen-bond donors (Lipinski definition) is 1. The van der Waals surface area contributed by atoms with E-state index in [9.17, 15) is 8.42 Å². The first-order valence-corrected chi connectivity index (χ1v) is 11.7. The smallest absolute Gasteiger partial charge is 0.148 e. The van der Waals surface area contributed by atoms with Crippen LogP contribution < -0.4 is 10.5 Å². The minimum absolute atomic E-state index is 0.194. The Morgan fingerprint density at radius 1 is 1.11 bits per heavy atom. The normalized spacial score (nSPS) is 12.7. The van der Waals surface area contributed by atoms with Crippen molar-refractivity contribution < 1.29 is 8.42 Å². The molecule has 5 heteroatoms. The van der Waals surface area contributed by atoms with Gasteiger partial charge in [0.25, 0.3) is 0 Å². The first kappa shape index (κ1) is 15.4. The molecule has 0 radical (unpaired) electrons. The van der Waals surface area contributed by atoms with Gasteiger partial charge in [0, 0.05) is 19.3 Å². The highest BCUT2D eigenvalue weighted by Gasteiger charge is 2.15. The SMILES string of the molecule is C[Si](C)(C)c1ccc(CNCCS(C)(=O)=O)cc1. The molecular formula is C13H23NO2SSi. The molecular weight excluding hydrogens is 262 g/mol. The molecule has 0 aliphatic heterocycles. The Morgan fingerprint density at radius 2 is 1.67 bits per heavy atom. The van der Waals surface area contributed by atoms with Crippen LogP contribution in [0.1, 0.15) is 5.56 Å². The van der Waals surface area contributed by atoms with Crippen molar-refractivity contribution in [2.45, 2.75) is 26.2 Å². The van der Waals surface area contributed by atoms with E-state index >= 15 is 0 Å². The fourth-order valence-corrected chi connectivity index (χ4v) is 3.29. The van der Waals surface area contributed by atoms with Crippen LogP contribution in [0.15, 0.2) is 24.3 Å². The molecule has 0 saturated heterocycles. The lowest BCUT2D eigenvalue weighted by Crippen LogP contribution is -2.37. The summed E-state index contributed by atoms with van der Waals surface area (Å²) in [5.41, 5.74) is 1.20. The van der Waals surface area contributed by atoms with E-state index in [1.54, 1.807) is 0 Å². The minimum Gasteiger partial charge on any atom is -0.312 e. The lowest BCUT2D eigenvalue weighted by atomic mass is 10.2. The molecule has 0 heterocycles. The second-order valence-corrected chi connectivity index (χ2v) is 13.1. The Balaban J connectivity index is 2.45. The summed E-state index contributed by atoms with van der Waals surface area (Å²) in [6, 6.07) is 8.64. The maximum atomic E-state index is 11.0. The van der Waals surface area contributed by atoms with Gasteiger partial charge in [-0.25, -0.2) is 8.42 Å². The van der Waals surface area contributed by atoms with Crippen LogP contribution >= 0.6 is 0 Å². The van der Waals surface area contributed by atoms with E-state index < -0.39 is 17.9 Å². The third-order valence-corrected chi connectivity index (χ3v) is 5.81. The fraction of sp³-hybridized carbons (Fsp3) is 0.538. The molecule has 1 aromatic carbocycles. The number of rotatable bonds is 6. The van der Waals surface area contributed by atoms with Gasteiger partial charge in [0.15, 0.2) is 0 Å². The monoisotopic (exact) mass is 285 g/mol. The molecule has 1 aromatic rings. The van der Waals surface area contributed by atoms with Gasteiger partial charge >= 0.3 is 0 Å². The van der Waals surface area contributed by atoms with Gasteiger partial charge in [0.05, 0.1) is 13.8 Å². The molecule has 0 atom stereocenters. The summed E-state index contributed by atoms with van der Waals surface area (Å²) in [5.74, 6) is 0.194. The molecule has 0 fully saturated rings. The molecule has 3 nitrogen and oxygen atoms in total. The zero-order chi connectivity index (χ0) is 13.8. The van der Waals surface area contributed by atoms with E-state index in [1.165, 1.54) is 17.0 Å². The molecule has 102 valence electrons. The van der Waals surface area contributed by atoms with Gasteiger partial charge in [0.1, 0.15) is 9.84 Å². The Hall–Kier alpha value is -0.653. The number of nitrogens with one attached hydrogen (secondary N) is 1. The summed E-state index contributed by atoms with van der Waals surface area (Å²) in [6.07, 6.45) is 1.26. The van der Waals surface area contributed by atoms with Crippen LogP contribution in [-0.2, 0) is 16.4 Å². The number of benzene rings is 1. The Morgan fingerprint density at radius 3 is 2.11 bits per heavy atom. The molecule has 0 aliphatic rings. The van der Waals surface area contributed by atoms with Crippen LogP contribution in [0.2, 0.25) is 19.6 Å². The molecule has 18 heavy (non-hydrogen) atoms. The van der Waals surface area contributed by atoms with Crippen molar-refractivity contribution in [2.75, 3.05) is 18.6 Å². The van der Waals surface area contributed by atoms with Crippen molar-refractivity contribution in [3.8, 4) is 0 Å². The molecule has 0 unspecified atom stereocenters. The summed E-state index contributed by atoms with van der Waals surface area (Å²) in [7, 11) is -4.08. The predicted molar refractivity (Wildman–Crippen MR) is 80.8 cm³/mol. The van der Waals surface area contributed by atoms with Crippen LogP contribution in [0.5, 0.6) is 0 Å². The molecule has 1 N–H and O–H groups in total. The van der Waals surface area contributed by atoms with Crippen LogP contribution in [0.3, 0.4) is 0 Å². The number of hydrogen-bond acceptors (Lipinski definition) is 3. The van der Waals surface area contributed by atoms with E-state index in [-0.39, 0.29) is 5.75 Å². The molecule has 0 aromatic heterocycles. The van der Waals surface area contributed by atoms with Crippen LogP contribution in [-0.4, -0.2) is 35.0 Å². The van der Waals surface area contributed by atoms with Gasteiger partial charge in [-0.2, -0.15) is 0 Å². The standard InChI is InChI=1S/C13H23NO2SSi/c1-17(15,16)10-9-14-11-12-5-7-13(8-6-12)18(2,3)4/h5-8,14H,9-11H2,1-4H3. The summed E-state index contributed by atoms with van der Waals surface area (Å²) in [4.78, 5) is 0. The molecule has 0 amide bonds. The van der Waals surface area contributed by atoms with Crippen molar-refractivity contribution in [1.82, 2.24) is 5.32 Å². The van der Waals surface area contributed by atoms with Crippen LogP contribution in [0.25, 0.3) is 0 Å². The van der Waals surface area contributed by atoms with Crippen LogP contribution in [0, 0.1) is 0 Å². The summed E-state index contributed by atoms with van der Waals surface area (Å²) < 4.78 is 21.9. The third-order valence-electron chi connectivity index (χ3n) is 2.80. The summed E-state index contributed by atoms with van der Waals surface area (Å²) in [6.45, 7) is 8.21. The Labute approximate surface area is 112 Å². The highest BCUT2D eigenvalue weighted by Crippen LogP contribution is 2.04. The van der Waals surface area contributed by atoms with Crippen molar-refractivity contribution in [1.29, 1.82) is 0 Å². The fourth-order valence-electron chi connectivity index (χ4n) is 1.61. The van der Waals surface area contributed by atoms with E-state index in [0.717, 1.165) is 6.54 Å². The van der Waals surface area contributed by atoms with Gasteiger partial charge in [-0.15, -0.1) is 0 Å². The third kappa shape index (κ3) is 5.80. The maximum Gasteiger partial charge on any atom is 0.148 e. The van der Waals surface area contributed by atoms with Gasteiger partial charge in [0.2, 0.25) is 0 Å². The lowest BCUT2D eigenvalue weighted by Gasteiger charge is -2.16. The summed E-state index contributed by atoms with van der Waals surface area (Å²) >= 11 is 0. The predicted octanol–water partition coefficient (Wildman–Crippen LogP) is 1.37. The van der Waals surface area contributed by atoms with Gasteiger partial charge in [-0.05, 0) is 5.56 Å². The first-order chi connectivity index (χ1) is 8.18. The zero-order valence-corrected chi connectivity index (χ0v) is 13.5. The van der Waals surface area contributed by atoms with Gasteiger partial charge in [-0.1, -0.05) is 49.1 Å². The number of sulfone groups is 1. The molecule has 0 spiro atoms. The van der Waals surface area contributed by atoms with Gasteiger partial charge < -0.3 is 5.32 Å². The first-order valence-electron chi connectivity index (χ1n) is 6.16. The minimum atomic E-state index is -2.86. The molecule has 0 saturated carbocycles. The Kier molecular flexibility index (Phi) is 5.13. The second kappa shape index (κ2) is 5.99. The van der Waals surface area contributed by atoms with E-state index in [2.05, 4.69) is 49.2 Å². The topological polar surface area (TPSA) is 46.2 Å². The van der Waals surface area contributed by atoms with Crippen molar-refractivity contribution in [2.24, 2.45) is 0 Å². The maximum absolute atomic E-state index is 11.0. The zero-order valence-electron chi connectivity index (χ0n) is 11.7. The van der Waals surface area contributed by atoms with Crippen molar-refractivity contribution in [3.63, 3.8) is 0 Å². The average molecular weight is 285 g/mol. The molecule has 0 aliphatic carbocycles. The van der Waals surface area contributed by atoms with Crippen molar-refractivity contribution >= 4 is 23.1 Å². The largest absolute Gasteiger partial charge is 0.312 e. The van der Waals surface area contributed by atoms with Gasteiger partial charge in [-0.3, -0.25) is 0 Å². The Bertz CT molecular complexity index is 475. The average Bonchev–Trinajstić information content (AvgIpc) is 2.22. The van der Waals surface area contributed by atoms with Crippen molar-refractivity contribution in [3.05, 3.63) is 29.8 Å². The highest BCUT2D eigenvalue weighted by molar-refractivity contribution is 7.90. The highest BCUT2D eigenvalue weighted by atomic mass is 32.2. The quantitative estimate of drug-likeness (QED) is 0.634. The second-order valence-electron chi connectivity index (χ2n) is 5.75. The van der Waals surface area contributed by atoms with E-state index in [4.69, 9.17) is 0 Å².